The van der Waals surface area contributed by atoms with Crippen LogP contribution in [0.25, 0.3) is 0 Å². The number of unbranched alkanes of at least 4 members (excludes halogenated alkanes) is 3. The SMILES string of the molecule is CCCCCCC(N)(C(=O)S)C(=O)OC(C)(C)C. The van der Waals surface area contributed by atoms with Crippen LogP contribution < -0.4 is 5.73 Å². The topological polar surface area (TPSA) is 69.4 Å². The van der Waals surface area contributed by atoms with Gasteiger partial charge in [0.1, 0.15) is 5.60 Å². The minimum absolute atomic E-state index is 0.282. The van der Waals surface area contributed by atoms with Crippen LogP contribution in [0.4, 0.5) is 0 Å². The van der Waals surface area contributed by atoms with E-state index in [1.807, 2.05) is 0 Å². The first-order chi connectivity index (χ1) is 8.13. The molecule has 0 fully saturated rings. The van der Waals surface area contributed by atoms with E-state index in [0.717, 1.165) is 25.7 Å². The summed E-state index contributed by atoms with van der Waals surface area (Å²) in [5.74, 6) is -0.688. The normalized spacial score (nSPS) is 15.0. The molecule has 0 rings (SSSR count). The monoisotopic (exact) mass is 275 g/mol. The molecule has 5 heteroatoms. The molecule has 0 bridgehead atoms. The van der Waals surface area contributed by atoms with Crippen molar-refractivity contribution in [3.8, 4) is 0 Å². The smallest absolute Gasteiger partial charge is 0.335 e. The lowest BCUT2D eigenvalue weighted by Crippen LogP contribution is -2.55. The third kappa shape index (κ3) is 5.87. The average molecular weight is 275 g/mol. The zero-order valence-electron chi connectivity index (χ0n) is 11.8. The van der Waals surface area contributed by atoms with E-state index in [4.69, 9.17) is 10.5 Å². The second-order valence-corrected chi connectivity index (χ2v) is 6.00. The Morgan fingerprint density at radius 2 is 1.72 bits per heavy atom. The lowest BCUT2D eigenvalue weighted by Gasteiger charge is -2.28. The molecule has 0 heterocycles. The summed E-state index contributed by atoms with van der Waals surface area (Å²) in [5, 5.41) is -0.631. The van der Waals surface area contributed by atoms with Crippen LogP contribution in [0, 0.1) is 0 Å². The molecule has 0 aliphatic heterocycles. The Hall–Kier alpha value is -0.550. The molecule has 0 saturated carbocycles. The van der Waals surface area contributed by atoms with Crippen molar-refractivity contribution in [3.63, 3.8) is 0 Å². The van der Waals surface area contributed by atoms with E-state index in [1.54, 1.807) is 20.8 Å². The third-order valence-corrected chi connectivity index (χ3v) is 2.97. The van der Waals surface area contributed by atoms with Crippen molar-refractivity contribution >= 4 is 23.7 Å². The fourth-order valence-corrected chi connectivity index (χ4v) is 1.70. The lowest BCUT2D eigenvalue weighted by molar-refractivity contribution is -0.162. The number of ether oxygens (including phenoxy) is 1. The highest BCUT2D eigenvalue weighted by Gasteiger charge is 2.42. The summed E-state index contributed by atoms with van der Waals surface area (Å²) in [5.41, 5.74) is 3.59. The Labute approximate surface area is 115 Å². The minimum Gasteiger partial charge on any atom is -0.458 e. The predicted molar refractivity (Wildman–Crippen MR) is 75.5 cm³/mol. The molecule has 0 aromatic heterocycles. The third-order valence-electron chi connectivity index (χ3n) is 2.57. The van der Waals surface area contributed by atoms with Crippen LogP contribution in [0.15, 0.2) is 0 Å². The quantitative estimate of drug-likeness (QED) is 0.324. The summed E-state index contributed by atoms with van der Waals surface area (Å²) in [7, 11) is 0. The van der Waals surface area contributed by atoms with Gasteiger partial charge < -0.3 is 10.5 Å². The maximum Gasteiger partial charge on any atom is 0.335 e. The first kappa shape index (κ1) is 17.4. The van der Waals surface area contributed by atoms with E-state index in [9.17, 15) is 9.59 Å². The van der Waals surface area contributed by atoms with Gasteiger partial charge in [0.25, 0.3) is 0 Å². The van der Waals surface area contributed by atoms with Crippen LogP contribution in [-0.2, 0) is 14.3 Å². The number of hydrogen-bond acceptors (Lipinski definition) is 4. The second-order valence-electron chi connectivity index (χ2n) is 5.59. The maximum atomic E-state index is 12.0. The minimum atomic E-state index is -1.62. The second kappa shape index (κ2) is 7.14. The van der Waals surface area contributed by atoms with Crippen molar-refractivity contribution in [1.82, 2.24) is 0 Å². The van der Waals surface area contributed by atoms with E-state index in [1.165, 1.54) is 0 Å². The molecule has 2 N–H and O–H groups in total. The van der Waals surface area contributed by atoms with Crippen LogP contribution >= 0.6 is 12.6 Å². The largest absolute Gasteiger partial charge is 0.458 e. The van der Waals surface area contributed by atoms with Crippen LogP contribution in [0.3, 0.4) is 0 Å². The van der Waals surface area contributed by atoms with Gasteiger partial charge in [-0.3, -0.25) is 4.79 Å². The highest BCUT2D eigenvalue weighted by molar-refractivity contribution is 7.97. The van der Waals surface area contributed by atoms with Gasteiger partial charge in [-0.2, -0.15) is 0 Å². The Bertz CT molecular complexity index is 299. The fourth-order valence-electron chi connectivity index (χ4n) is 1.50. The van der Waals surface area contributed by atoms with Gasteiger partial charge in [-0.25, -0.2) is 4.79 Å². The highest BCUT2D eigenvalue weighted by Crippen LogP contribution is 2.21. The Kier molecular flexibility index (Phi) is 6.92. The maximum absolute atomic E-state index is 12.0. The molecule has 0 spiro atoms. The molecular weight excluding hydrogens is 250 g/mol. The fraction of sp³-hybridized carbons (Fsp3) is 0.846. The molecule has 18 heavy (non-hydrogen) atoms. The number of nitrogens with two attached hydrogens (primary N) is 1. The number of esters is 1. The van der Waals surface area contributed by atoms with Crippen LogP contribution in [-0.4, -0.2) is 22.2 Å². The number of carbonyl (C=O) groups excluding carboxylic acids is 2. The summed E-state index contributed by atoms with van der Waals surface area (Å²) in [6, 6.07) is 0. The summed E-state index contributed by atoms with van der Waals surface area (Å²) >= 11 is 3.73. The zero-order valence-corrected chi connectivity index (χ0v) is 12.7. The van der Waals surface area contributed by atoms with Crippen LogP contribution in [0.1, 0.15) is 59.8 Å². The van der Waals surface area contributed by atoms with Crippen LogP contribution in [0.5, 0.6) is 0 Å². The Morgan fingerprint density at radius 3 is 2.11 bits per heavy atom. The van der Waals surface area contributed by atoms with Gasteiger partial charge in [0.05, 0.1) is 0 Å². The van der Waals surface area contributed by atoms with Gasteiger partial charge in [0, 0.05) is 0 Å². The van der Waals surface area contributed by atoms with Crippen molar-refractivity contribution < 1.29 is 14.3 Å². The van der Waals surface area contributed by atoms with Crippen LogP contribution in [0.2, 0.25) is 0 Å². The van der Waals surface area contributed by atoms with Crippen molar-refractivity contribution in [2.45, 2.75) is 70.9 Å². The van der Waals surface area contributed by atoms with Crippen molar-refractivity contribution in [1.29, 1.82) is 0 Å². The van der Waals surface area contributed by atoms with E-state index < -0.39 is 22.2 Å². The predicted octanol–water partition coefficient (Wildman–Crippen LogP) is 2.45. The summed E-state index contributed by atoms with van der Waals surface area (Å²) in [6.45, 7) is 7.31. The average Bonchev–Trinajstić information content (AvgIpc) is 2.21. The van der Waals surface area contributed by atoms with Gasteiger partial charge in [0.2, 0.25) is 5.12 Å². The highest BCUT2D eigenvalue weighted by atomic mass is 32.1. The first-order valence-corrected chi connectivity index (χ1v) is 6.84. The van der Waals surface area contributed by atoms with Crippen molar-refractivity contribution in [3.05, 3.63) is 0 Å². The molecule has 0 aromatic carbocycles. The van der Waals surface area contributed by atoms with E-state index in [0.29, 0.717) is 0 Å². The summed E-state index contributed by atoms with van der Waals surface area (Å²) in [4.78, 5) is 23.5. The molecule has 1 unspecified atom stereocenters. The molecule has 0 aliphatic rings. The molecule has 0 radical (unpaired) electrons. The molecule has 0 aliphatic carbocycles. The van der Waals surface area contributed by atoms with Gasteiger partial charge in [-0.05, 0) is 27.2 Å². The molecule has 0 saturated heterocycles. The molecule has 106 valence electrons. The standard InChI is InChI=1S/C13H25NO3S/c1-5-6-7-8-9-13(14,11(16)18)10(15)17-12(2,3)4/h5-9,14H2,1-4H3,(H,16,18). The molecule has 4 nitrogen and oxygen atoms in total. The first-order valence-electron chi connectivity index (χ1n) is 6.39. The van der Waals surface area contributed by atoms with Gasteiger partial charge >= 0.3 is 5.97 Å². The Morgan fingerprint density at radius 1 is 1.17 bits per heavy atom. The van der Waals surface area contributed by atoms with E-state index >= 15 is 0 Å². The molecular formula is C13H25NO3S. The van der Waals surface area contributed by atoms with Gasteiger partial charge in [0.15, 0.2) is 5.54 Å². The van der Waals surface area contributed by atoms with Crippen molar-refractivity contribution in [2.75, 3.05) is 0 Å². The van der Waals surface area contributed by atoms with Gasteiger partial charge in [-0.15, -0.1) is 12.6 Å². The summed E-state index contributed by atoms with van der Waals surface area (Å²) in [6.07, 6.45) is 4.09. The van der Waals surface area contributed by atoms with E-state index in [-0.39, 0.29) is 6.42 Å². The number of carbonyl (C=O) groups is 2. The number of hydrogen-bond donors (Lipinski definition) is 2. The zero-order chi connectivity index (χ0) is 14.4. The van der Waals surface area contributed by atoms with Gasteiger partial charge in [-0.1, -0.05) is 32.6 Å². The van der Waals surface area contributed by atoms with Crippen molar-refractivity contribution in [2.24, 2.45) is 5.73 Å². The number of thiol groups is 1. The summed E-state index contributed by atoms with van der Waals surface area (Å²) < 4.78 is 5.19. The van der Waals surface area contributed by atoms with E-state index in [2.05, 4.69) is 19.6 Å². The molecule has 0 aromatic rings. The lowest BCUT2D eigenvalue weighted by atomic mass is 9.94. The molecule has 0 amide bonds. The number of rotatable bonds is 7. The Balaban J connectivity index is 4.61. The molecule has 1 atom stereocenters.